The van der Waals surface area contributed by atoms with Gasteiger partial charge < -0.3 is 19.3 Å². The molecule has 8 nitrogen and oxygen atoms in total. The molecule has 144 valence electrons. The molecule has 2 aliphatic rings. The highest BCUT2D eigenvalue weighted by molar-refractivity contribution is 5.89. The number of nitrogens with zero attached hydrogens (tertiary/aromatic N) is 3. The van der Waals surface area contributed by atoms with Crippen molar-refractivity contribution in [3.8, 4) is 11.5 Å². The summed E-state index contributed by atoms with van der Waals surface area (Å²) in [6.45, 7) is 5.08. The molecule has 0 unspecified atom stereocenters. The largest absolute Gasteiger partial charge is 0.454 e. The van der Waals surface area contributed by atoms with E-state index in [0.29, 0.717) is 19.2 Å². The molecule has 2 aliphatic heterocycles. The van der Waals surface area contributed by atoms with Crippen molar-refractivity contribution in [3.63, 3.8) is 0 Å². The van der Waals surface area contributed by atoms with Crippen LogP contribution in [-0.2, 0) is 13.0 Å². The maximum atomic E-state index is 11.6. The SMILES string of the molecule is CNC(=O)c1noc(CN2CCC[C@@](C)(Cc3ccc4c(c3)OCO4)C2)n1. The molecule has 1 aromatic carbocycles. The average Bonchev–Trinajstić information content (AvgIpc) is 3.29. The highest BCUT2D eigenvalue weighted by atomic mass is 16.7. The van der Waals surface area contributed by atoms with Gasteiger partial charge in [0, 0.05) is 13.6 Å². The fourth-order valence-electron chi connectivity index (χ4n) is 3.96. The first kappa shape index (κ1) is 17.8. The lowest BCUT2D eigenvalue weighted by Gasteiger charge is -2.40. The molecule has 3 heterocycles. The number of hydrogen-bond donors (Lipinski definition) is 1. The quantitative estimate of drug-likeness (QED) is 0.858. The minimum Gasteiger partial charge on any atom is -0.454 e. The van der Waals surface area contributed by atoms with Gasteiger partial charge in [-0.15, -0.1) is 0 Å². The fourth-order valence-corrected chi connectivity index (χ4v) is 3.96. The Balaban J connectivity index is 1.41. The second-order valence-electron chi connectivity index (χ2n) is 7.58. The number of benzene rings is 1. The van der Waals surface area contributed by atoms with Gasteiger partial charge in [0.05, 0.1) is 6.54 Å². The zero-order valence-electron chi connectivity index (χ0n) is 15.7. The van der Waals surface area contributed by atoms with Gasteiger partial charge in [0.15, 0.2) is 11.5 Å². The Morgan fingerprint density at radius 3 is 3.04 bits per heavy atom. The van der Waals surface area contributed by atoms with Crippen LogP contribution in [0.3, 0.4) is 0 Å². The summed E-state index contributed by atoms with van der Waals surface area (Å²) in [7, 11) is 1.55. The standard InChI is InChI=1S/C19H24N4O4/c1-19(9-13-4-5-14-15(8-13)26-12-25-14)6-3-7-23(11-19)10-16-21-17(22-27-16)18(24)20-2/h4-5,8H,3,6-7,9-12H2,1-2H3,(H,20,24)/t19-/m0/s1. The minimum atomic E-state index is -0.337. The highest BCUT2D eigenvalue weighted by Gasteiger charge is 2.32. The molecule has 27 heavy (non-hydrogen) atoms. The van der Waals surface area contributed by atoms with Gasteiger partial charge in [0.2, 0.25) is 12.7 Å². The van der Waals surface area contributed by atoms with Crippen LogP contribution in [0.4, 0.5) is 0 Å². The zero-order valence-corrected chi connectivity index (χ0v) is 15.7. The van der Waals surface area contributed by atoms with Crippen LogP contribution >= 0.6 is 0 Å². The van der Waals surface area contributed by atoms with Crippen molar-refractivity contribution in [2.45, 2.75) is 32.7 Å². The van der Waals surface area contributed by atoms with Crippen LogP contribution in [0.1, 0.15) is 41.8 Å². The molecule has 1 atom stereocenters. The van der Waals surface area contributed by atoms with E-state index in [9.17, 15) is 4.79 Å². The Labute approximate surface area is 157 Å². The molecule has 1 N–H and O–H groups in total. The molecule has 0 spiro atoms. The first-order valence-electron chi connectivity index (χ1n) is 9.20. The van der Waals surface area contributed by atoms with E-state index in [2.05, 4.69) is 39.4 Å². The van der Waals surface area contributed by atoms with Gasteiger partial charge in [-0.05, 0) is 48.9 Å². The van der Waals surface area contributed by atoms with Gasteiger partial charge in [0.1, 0.15) is 0 Å². The maximum absolute atomic E-state index is 11.6. The normalized spacial score (nSPS) is 22.0. The van der Waals surface area contributed by atoms with Crippen molar-refractivity contribution in [1.82, 2.24) is 20.4 Å². The molecule has 1 fully saturated rings. The summed E-state index contributed by atoms with van der Waals surface area (Å²) in [5, 5.41) is 6.24. The summed E-state index contributed by atoms with van der Waals surface area (Å²) in [5.74, 6) is 1.86. The molecule has 1 aromatic heterocycles. The number of hydrogen-bond acceptors (Lipinski definition) is 7. The highest BCUT2D eigenvalue weighted by Crippen LogP contribution is 2.37. The van der Waals surface area contributed by atoms with Gasteiger partial charge >= 0.3 is 0 Å². The van der Waals surface area contributed by atoms with Crippen molar-refractivity contribution >= 4 is 5.91 Å². The van der Waals surface area contributed by atoms with Gasteiger partial charge in [-0.1, -0.05) is 18.1 Å². The topological polar surface area (TPSA) is 89.7 Å². The number of rotatable bonds is 5. The number of likely N-dealkylation sites (tertiary alicyclic amines) is 1. The molecular weight excluding hydrogens is 348 g/mol. The molecule has 0 saturated carbocycles. The Hall–Kier alpha value is -2.61. The number of fused-ring (bicyclic) bond motifs is 1. The Kier molecular flexibility index (Phi) is 4.73. The molecule has 4 rings (SSSR count). The fraction of sp³-hybridized carbons (Fsp3) is 0.526. The van der Waals surface area contributed by atoms with Crippen LogP contribution < -0.4 is 14.8 Å². The van der Waals surface area contributed by atoms with Gasteiger partial charge in [0.25, 0.3) is 11.7 Å². The molecule has 0 bridgehead atoms. The van der Waals surface area contributed by atoms with E-state index in [4.69, 9.17) is 14.0 Å². The van der Waals surface area contributed by atoms with Crippen molar-refractivity contribution in [1.29, 1.82) is 0 Å². The van der Waals surface area contributed by atoms with Crippen LogP contribution in [0.25, 0.3) is 0 Å². The second kappa shape index (κ2) is 7.19. The predicted octanol–water partition coefficient (Wildman–Crippen LogP) is 2.00. The minimum absolute atomic E-state index is 0.0765. The van der Waals surface area contributed by atoms with Gasteiger partial charge in [-0.25, -0.2) is 0 Å². The summed E-state index contributed by atoms with van der Waals surface area (Å²) in [6, 6.07) is 6.19. The summed E-state index contributed by atoms with van der Waals surface area (Å²) >= 11 is 0. The van der Waals surface area contributed by atoms with Gasteiger partial charge in [-0.2, -0.15) is 4.98 Å². The molecular formula is C19H24N4O4. The van der Waals surface area contributed by atoms with E-state index in [0.717, 1.165) is 43.9 Å². The number of ether oxygens (including phenoxy) is 2. The molecule has 8 heteroatoms. The summed E-state index contributed by atoms with van der Waals surface area (Å²) in [5.41, 5.74) is 1.40. The van der Waals surface area contributed by atoms with E-state index < -0.39 is 0 Å². The number of piperidine rings is 1. The van der Waals surface area contributed by atoms with Gasteiger partial charge in [-0.3, -0.25) is 9.69 Å². The van der Waals surface area contributed by atoms with E-state index in [1.165, 1.54) is 5.56 Å². The predicted molar refractivity (Wildman–Crippen MR) is 96.6 cm³/mol. The van der Waals surface area contributed by atoms with E-state index in [1.807, 2.05) is 6.07 Å². The number of nitrogens with one attached hydrogen (secondary N) is 1. The first-order valence-corrected chi connectivity index (χ1v) is 9.20. The van der Waals surface area contributed by atoms with Crippen LogP contribution in [0.2, 0.25) is 0 Å². The lowest BCUT2D eigenvalue weighted by Crippen LogP contribution is -2.42. The average molecular weight is 372 g/mol. The molecule has 2 aromatic rings. The van der Waals surface area contributed by atoms with Crippen LogP contribution in [0.5, 0.6) is 11.5 Å². The molecule has 0 radical (unpaired) electrons. The van der Waals surface area contributed by atoms with Crippen molar-refractivity contribution in [2.24, 2.45) is 5.41 Å². The monoisotopic (exact) mass is 372 g/mol. The Morgan fingerprint density at radius 1 is 1.33 bits per heavy atom. The number of aromatic nitrogens is 2. The molecule has 0 aliphatic carbocycles. The number of amides is 1. The maximum Gasteiger partial charge on any atom is 0.292 e. The summed E-state index contributed by atoms with van der Waals surface area (Å²) < 4.78 is 16.1. The third-order valence-electron chi connectivity index (χ3n) is 5.18. The Morgan fingerprint density at radius 2 is 2.19 bits per heavy atom. The lowest BCUT2D eigenvalue weighted by atomic mass is 9.77. The number of carbonyl (C=O) groups excluding carboxylic acids is 1. The van der Waals surface area contributed by atoms with E-state index in [-0.39, 0.29) is 17.1 Å². The summed E-state index contributed by atoms with van der Waals surface area (Å²) in [4.78, 5) is 18.1. The zero-order chi connectivity index (χ0) is 18.9. The van der Waals surface area contributed by atoms with Crippen LogP contribution in [0.15, 0.2) is 22.7 Å². The van der Waals surface area contributed by atoms with Crippen molar-refractivity contribution in [3.05, 3.63) is 35.5 Å². The third-order valence-corrected chi connectivity index (χ3v) is 5.18. The van der Waals surface area contributed by atoms with Crippen molar-refractivity contribution < 1.29 is 18.8 Å². The second-order valence-corrected chi connectivity index (χ2v) is 7.58. The first-order chi connectivity index (χ1) is 13.0. The summed E-state index contributed by atoms with van der Waals surface area (Å²) in [6.07, 6.45) is 3.23. The van der Waals surface area contributed by atoms with E-state index >= 15 is 0 Å². The smallest absolute Gasteiger partial charge is 0.292 e. The Bertz CT molecular complexity index is 837. The van der Waals surface area contributed by atoms with Crippen LogP contribution in [-0.4, -0.2) is 47.9 Å². The number of carbonyl (C=O) groups is 1. The van der Waals surface area contributed by atoms with Crippen molar-refractivity contribution in [2.75, 3.05) is 26.9 Å². The van der Waals surface area contributed by atoms with Crippen LogP contribution in [0, 0.1) is 5.41 Å². The third kappa shape index (κ3) is 3.90. The molecule has 1 amide bonds. The molecule has 1 saturated heterocycles. The van der Waals surface area contributed by atoms with E-state index in [1.54, 1.807) is 7.05 Å². The lowest BCUT2D eigenvalue weighted by molar-refractivity contribution is 0.0876.